The molecule has 15 heavy (non-hydrogen) atoms. The van der Waals surface area contributed by atoms with Crippen LogP contribution in [0.2, 0.25) is 0 Å². The summed E-state index contributed by atoms with van der Waals surface area (Å²) in [5.74, 6) is -0.179. The van der Waals surface area contributed by atoms with E-state index in [0.29, 0.717) is 0 Å². The average molecular weight is 210 g/mol. The Morgan fingerprint density at radius 2 is 1.80 bits per heavy atom. The Labute approximate surface area is 92.7 Å². The molecule has 1 heterocycles. The predicted octanol–water partition coefficient (Wildman–Crippen LogP) is 3.61. The molecule has 2 nitrogen and oxygen atoms in total. The summed E-state index contributed by atoms with van der Waals surface area (Å²) in [6.45, 7) is 1.98. The van der Waals surface area contributed by atoms with Gasteiger partial charge in [-0.15, -0.1) is 0 Å². The molecular weight excluding hydrogens is 188 g/mol. The van der Waals surface area contributed by atoms with E-state index < -0.39 is 0 Å². The third-order valence-electron chi connectivity index (χ3n) is 2.80. The van der Waals surface area contributed by atoms with Gasteiger partial charge in [-0.25, -0.2) is 4.79 Å². The number of rotatable bonds is 0. The van der Waals surface area contributed by atoms with Crippen LogP contribution < -0.4 is 0 Å². The maximum absolute atomic E-state index is 11.3. The van der Waals surface area contributed by atoms with Gasteiger partial charge in [0.2, 0.25) is 0 Å². The number of esters is 1. The highest BCUT2D eigenvalue weighted by atomic mass is 16.5. The Kier molecular flexibility index (Phi) is 6.14. The maximum atomic E-state index is 11.3. The van der Waals surface area contributed by atoms with Crippen molar-refractivity contribution in [2.75, 3.05) is 0 Å². The summed E-state index contributed by atoms with van der Waals surface area (Å²) >= 11 is 0. The molecule has 1 unspecified atom stereocenters. The minimum Gasteiger partial charge on any atom is -0.460 e. The quantitative estimate of drug-likeness (QED) is 0.571. The number of carbonyl (C=O) groups excluding carboxylic acids is 1. The highest BCUT2D eigenvalue weighted by Gasteiger charge is 2.06. The van der Waals surface area contributed by atoms with Crippen LogP contribution in [0.25, 0.3) is 0 Å². The van der Waals surface area contributed by atoms with Gasteiger partial charge in [0.15, 0.2) is 0 Å². The van der Waals surface area contributed by atoms with Crippen molar-refractivity contribution in [1.29, 1.82) is 0 Å². The van der Waals surface area contributed by atoms with Crippen molar-refractivity contribution in [3.63, 3.8) is 0 Å². The number of allylic oxidation sites excluding steroid dienone is 1. The molecule has 0 N–H and O–H groups in total. The van der Waals surface area contributed by atoms with Gasteiger partial charge >= 0.3 is 5.97 Å². The second-order valence-electron chi connectivity index (χ2n) is 4.35. The van der Waals surface area contributed by atoms with Gasteiger partial charge in [-0.3, -0.25) is 0 Å². The first-order valence-electron chi connectivity index (χ1n) is 6.16. The van der Waals surface area contributed by atoms with E-state index in [1.807, 2.05) is 13.0 Å². The molecule has 1 aliphatic rings. The zero-order chi connectivity index (χ0) is 10.9. The summed E-state index contributed by atoms with van der Waals surface area (Å²) in [4.78, 5) is 11.3. The lowest BCUT2D eigenvalue weighted by Gasteiger charge is -2.11. The van der Waals surface area contributed by atoms with Crippen molar-refractivity contribution in [2.24, 2.45) is 0 Å². The van der Waals surface area contributed by atoms with Gasteiger partial charge in [0.05, 0.1) is 6.10 Å². The largest absolute Gasteiger partial charge is 0.460 e. The van der Waals surface area contributed by atoms with Crippen LogP contribution in [0.4, 0.5) is 0 Å². The number of carbonyl (C=O) groups is 1. The van der Waals surface area contributed by atoms with Crippen LogP contribution in [0, 0.1) is 0 Å². The van der Waals surface area contributed by atoms with Crippen LogP contribution in [-0.2, 0) is 9.53 Å². The molecule has 0 saturated heterocycles. The molecule has 0 saturated carbocycles. The van der Waals surface area contributed by atoms with Crippen LogP contribution in [0.1, 0.15) is 58.3 Å². The Bertz CT molecular complexity index is 209. The van der Waals surface area contributed by atoms with Gasteiger partial charge in [0, 0.05) is 6.08 Å². The number of hydrogen-bond acceptors (Lipinski definition) is 2. The standard InChI is InChI=1S/C13H22O2/c1-12-10-8-6-4-2-3-5-7-9-11-13(14)15-12/h9,11-12H,2-8,10H2,1H3/b11-9-. The molecule has 0 spiro atoms. The van der Waals surface area contributed by atoms with Crippen LogP contribution in [0.5, 0.6) is 0 Å². The lowest BCUT2D eigenvalue weighted by molar-refractivity contribution is -0.142. The second-order valence-corrected chi connectivity index (χ2v) is 4.35. The smallest absolute Gasteiger partial charge is 0.330 e. The summed E-state index contributed by atoms with van der Waals surface area (Å²) in [5.41, 5.74) is 0. The Balaban J connectivity index is 2.35. The van der Waals surface area contributed by atoms with E-state index >= 15 is 0 Å². The number of cyclic esters (lactones) is 1. The predicted molar refractivity (Wildman–Crippen MR) is 61.6 cm³/mol. The van der Waals surface area contributed by atoms with E-state index in [1.165, 1.54) is 38.5 Å². The third kappa shape index (κ3) is 6.32. The van der Waals surface area contributed by atoms with Crippen LogP contribution in [0.15, 0.2) is 12.2 Å². The van der Waals surface area contributed by atoms with Crippen LogP contribution in [-0.4, -0.2) is 12.1 Å². The van der Waals surface area contributed by atoms with Crippen molar-refractivity contribution in [3.8, 4) is 0 Å². The van der Waals surface area contributed by atoms with E-state index in [4.69, 9.17) is 4.74 Å². The van der Waals surface area contributed by atoms with E-state index in [-0.39, 0.29) is 12.1 Å². The van der Waals surface area contributed by atoms with Crippen molar-refractivity contribution < 1.29 is 9.53 Å². The van der Waals surface area contributed by atoms with E-state index in [1.54, 1.807) is 6.08 Å². The molecule has 1 aliphatic heterocycles. The van der Waals surface area contributed by atoms with Crippen molar-refractivity contribution in [3.05, 3.63) is 12.2 Å². The fraction of sp³-hybridized carbons (Fsp3) is 0.769. The molecule has 0 aromatic heterocycles. The van der Waals surface area contributed by atoms with Crippen LogP contribution in [0.3, 0.4) is 0 Å². The molecule has 1 rings (SSSR count). The first-order chi connectivity index (χ1) is 7.29. The monoisotopic (exact) mass is 210 g/mol. The van der Waals surface area contributed by atoms with E-state index in [2.05, 4.69) is 0 Å². The summed E-state index contributed by atoms with van der Waals surface area (Å²) in [7, 11) is 0. The lowest BCUT2D eigenvalue weighted by atomic mass is 10.1. The SMILES string of the molecule is CC1CCCCCCCC/C=C\C(=O)O1. The zero-order valence-corrected chi connectivity index (χ0v) is 9.71. The van der Waals surface area contributed by atoms with Crippen molar-refractivity contribution in [2.45, 2.75) is 64.4 Å². The normalized spacial score (nSPS) is 28.1. The topological polar surface area (TPSA) is 26.3 Å². The Morgan fingerprint density at radius 3 is 2.60 bits per heavy atom. The van der Waals surface area contributed by atoms with Gasteiger partial charge in [-0.05, 0) is 32.6 Å². The molecule has 2 heteroatoms. The number of hydrogen-bond donors (Lipinski definition) is 0. The van der Waals surface area contributed by atoms with E-state index in [0.717, 1.165) is 12.8 Å². The van der Waals surface area contributed by atoms with Crippen molar-refractivity contribution >= 4 is 5.97 Å². The molecule has 0 fully saturated rings. The molecule has 0 aliphatic carbocycles. The highest BCUT2D eigenvalue weighted by molar-refractivity contribution is 5.81. The van der Waals surface area contributed by atoms with E-state index in [9.17, 15) is 4.79 Å². The third-order valence-corrected chi connectivity index (χ3v) is 2.80. The minimum absolute atomic E-state index is 0.0721. The fourth-order valence-electron chi connectivity index (χ4n) is 1.88. The molecule has 0 amide bonds. The maximum Gasteiger partial charge on any atom is 0.330 e. The number of ether oxygens (including phenoxy) is 1. The fourth-order valence-corrected chi connectivity index (χ4v) is 1.88. The summed E-state index contributed by atoms with van der Waals surface area (Å²) in [6, 6.07) is 0. The van der Waals surface area contributed by atoms with Gasteiger partial charge in [-0.1, -0.05) is 31.8 Å². The first kappa shape index (κ1) is 12.3. The summed E-state index contributed by atoms with van der Waals surface area (Å²) in [5, 5.41) is 0. The molecule has 86 valence electrons. The molecular formula is C13H22O2. The van der Waals surface area contributed by atoms with Gasteiger partial charge in [0.1, 0.15) is 0 Å². The Morgan fingerprint density at radius 1 is 1.13 bits per heavy atom. The van der Waals surface area contributed by atoms with Gasteiger partial charge in [0.25, 0.3) is 0 Å². The van der Waals surface area contributed by atoms with Crippen LogP contribution >= 0.6 is 0 Å². The first-order valence-corrected chi connectivity index (χ1v) is 6.16. The summed E-state index contributed by atoms with van der Waals surface area (Å²) < 4.78 is 5.24. The second kappa shape index (κ2) is 7.49. The minimum atomic E-state index is -0.179. The molecule has 0 aromatic rings. The molecule has 0 bridgehead atoms. The van der Waals surface area contributed by atoms with Gasteiger partial charge < -0.3 is 4.74 Å². The highest BCUT2D eigenvalue weighted by Crippen LogP contribution is 2.12. The average Bonchev–Trinajstić information content (AvgIpc) is 2.21. The molecule has 0 radical (unpaired) electrons. The molecule has 1 atom stereocenters. The molecule has 0 aromatic carbocycles. The lowest BCUT2D eigenvalue weighted by Crippen LogP contribution is -2.12. The summed E-state index contributed by atoms with van der Waals surface area (Å²) in [6.07, 6.45) is 13.2. The Hall–Kier alpha value is -0.790. The zero-order valence-electron chi connectivity index (χ0n) is 9.71. The van der Waals surface area contributed by atoms with Crippen molar-refractivity contribution in [1.82, 2.24) is 0 Å². The van der Waals surface area contributed by atoms with Gasteiger partial charge in [-0.2, -0.15) is 0 Å².